The van der Waals surface area contributed by atoms with E-state index in [2.05, 4.69) is 0 Å². The number of esters is 2. The van der Waals surface area contributed by atoms with E-state index < -0.39 is 48.6 Å². The minimum absolute atomic E-state index is 0. The molecular formula is C22H32K2O10. The van der Waals surface area contributed by atoms with Crippen LogP contribution in [0, 0.1) is 11.8 Å². The van der Waals surface area contributed by atoms with Crippen LogP contribution in [0.1, 0.15) is 78.1 Å². The summed E-state index contributed by atoms with van der Waals surface area (Å²) in [5.74, 6) is -8.48. The van der Waals surface area contributed by atoms with Crippen LogP contribution in [0.4, 0.5) is 0 Å². The number of ketones is 2. The third-order valence-electron chi connectivity index (χ3n) is 4.70. The fourth-order valence-corrected chi connectivity index (χ4v) is 3.00. The summed E-state index contributed by atoms with van der Waals surface area (Å²) in [6.07, 6.45) is 2.26. The van der Waals surface area contributed by atoms with E-state index in [0.717, 1.165) is 0 Å². The van der Waals surface area contributed by atoms with E-state index in [0.29, 0.717) is 51.4 Å². The van der Waals surface area contributed by atoms with Crippen molar-refractivity contribution in [1.29, 1.82) is 0 Å². The molecule has 0 heterocycles. The molecule has 182 valence electrons. The van der Waals surface area contributed by atoms with E-state index in [1.807, 2.05) is 0 Å². The Morgan fingerprint density at radius 2 is 0.912 bits per heavy atom. The Morgan fingerprint density at radius 3 is 1.18 bits per heavy atom. The van der Waals surface area contributed by atoms with Gasteiger partial charge in [-0.2, -0.15) is 0 Å². The first kappa shape index (κ1) is 39.0. The molecule has 2 unspecified atom stereocenters. The average molecular weight is 535 g/mol. The maximum Gasteiger partial charge on any atom is 1.00 e. The molecule has 0 radical (unpaired) electrons. The number of carboxylic acids is 2. The van der Waals surface area contributed by atoms with Gasteiger partial charge in [0.15, 0.2) is 0 Å². The van der Waals surface area contributed by atoms with Crippen LogP contribution in [0.15, 0.2) is 0 Å². The molecule has 0 saturated carbocycles. The summed E-state index contributed by atoms with van der Waals surface area (Å²) in [5, 5.41) is 22.2. The number of carboxylic acid groups (broad SMARTS) is 2. The van der Waals surface area contributed by atoms with Crippen LogP contribution in [-0.2, 0) is 38.2 Å². The van der Waals surface area contributed by atoms with Crippen LogP contribution >= 0.6 is 0 Å². The monoisotopic (exact) mass is 534 g/mol. The predicted molar refractivity (Wildman–Crippen MR) is 106 cm³/mol. The fraction of sp³-hybridized carbons (Fsp3) is 0.727. The summed E-state index contributed by atoms with van der Waals surface area (Å²) >= 11 is 0. The molecule has 0 amide bonds. The average Bonchev–Trinajstić information content (AvgIpc) is 2.68. The van der Waals surface area contributed by atoms with Gasteiger partial charge in [-0.05, 0) is 52.4 Å². The third kappa shape index (κ3) is 21.7. The molecule has 12 heteroatoms. The van der Waals surface area contributed by atoms with Gasteiger partial charge in [0.2, 0.25) is 0 Å². The number of hydrogen-bond acceptors (Lipinski definition) is 10. The first-order valence-corrected chi connectivity index (χ1v) is 10.8. The second kappa shape index (κ2) is 23.9. The molecule has 0 aliphatic rings. The van der Waals surface area contributed by atoms with Crippen LogP contribution in [0.5, 0.6) is 0 Å². The second-order valence-electron chi connectivity index (χ2n) is 7.73. The second-order valence-corrected chi connectivity index (χ2v) is 7.73. The first-order valence-electron chi connectivity index (χ1n) is 10.8. The van der Waals surface area contributed by atoms with E-state index in [1.165, 1.54) is 13.8 Å². The molecule has 0 rings (SSSR count). The van der Waals surface area contributed by atoms with E-state index in [4.69, 9.17) is 9.47 Å². The van der Waals surface area contributed by atoms with Crippen molar-refractivity contribution in [2.75, 3.05) is 13.2 Å². The Bertz CT molecular complexity index is 610. The Labute approximate surface area is 285 Å². The minimum Gasteiger partial charge on any atom is -0.550 e. The molecule has 0 saturated heterocycles. The Hall–Kier alpha value is 0.493. The van der Waals surface area contributed by atoms with Gasteiger partial charge < -0.3 is 38.9 Å². The van der Waals surface area contributed by atoms with Crippen LogP contribution in [-0.4, -0.2) is 48.7 Å². The van der Waals surface area contributed by atoms with Gasteiger partial charge in [-0.3, -0.25) is 9.59 Å². The SMILES string of the molecule is CC(=O)CCCCCOC(=O)C(CC(=O)[O-])C(CC(=O)[O-])C(=O)OCCCCCC(C)=O.[K+].[K+]. The van der Waals surface area contributed by atoms with E-state index in [1.54, 1.807) is 0 Å². The number of hydrogen-bond donors (Lipinski definition) is 0. The van der Waals surface area contributed by atoms with Crippen LogP contribution in [0.3, 0.4) is 0 Å². The molecular weight excluding hydrogens is 502 g/mol. The van der Waals surface area contributed by atoms with E-state index in [9.17, 15) is 39.0 Å². The molecule has 0 aromatic carbocycles. The maximum atomic E-state index is 12.4. The molecule has 2 atom stereocenters. The standard InChI is InChI=1S/C22H34O10.2K/c1-15(23)9-5-3-7-11-31-21(29)17(13-19(25)26)18(14-20(27)28)22(30)32-12-8-4-6-10-16(2)24;;/h17-18H,3-14H2,1-2H3,(H,25,26)(H,27,28);;/q;2*+1/p-2. The quantitative estimate of drug-likeness (QED) is 0.0884. The number of rotatable bonds is 19. The molecule has 0 bridgehead atoms. The maximum absolute atomic E-state index is 12.4. The van der Waals surface area contributed by atoms with Crippen molar-refractivity contribution in [2.24, 2.45) is 11.8 Å². The molecule has 0 N–H and O–H groups in total. The van der Waals surface area contributed by atoms with Gasteiger partial charge in [0.25, 0.3) is 0 Å². The van der Waals surface area contributed by atoms with Crippen molar-refractivity contribution in [3.8, 4) is 0 Å². The van der Waals surface area contributed by atoms with Crippen molar-refractivity contribution < 1.29 is 151 Å². The molecule has 0 aromatic heterocycles. The van der Waals surface area contributed by atoms with Gasteiger partial charge in [-0.25, -0.2) is 0 Å². The summed E-state index contributed by atoms with van der Waals surface area (Å²) < 4.78 is 10.1. The summed E-state index contributed by atoms with van der Waals surface area (Å²) in [6.45, 7) is 2.80. The van der Waals surface area contributed by atoms with Gasteiger partial charge in [0.05, 0.1) is 25.0 Å². The van der Waals surface area contributed by atoms with Gasteiger partial charge in [-0.1, -0.05) is 0 Å². The van der Waals surface area contributed by atoms with Crippen LogP contribution in [0.2, 0.25) is 0 Å². The van der Waals surface area contributed by atoms with Crippen LogP contribution < -0.4 is 113 Å². The predicted octanol–water partition coefficient (Wildman–Crippen LogP) is -6.11. The molecule has 34 heavy (non-hydrogen) atoms. The van der Waals surface area contributed by atoms with Gasteiger partial charge in [-0.15, -0.1) is 0 Å². The van der Waals surface area contributed by atoms with Gasteiger partial charge in [0.1, 0.15) is 11.6 Å². The Balaban J connectivity index is -0.00000480. The van der Waals surface area contributed by atoms with Crippen molar-refractivity contribution in [1.82, 2.24) is 0 Å². The largest absolute Gasteiger partial charge is 1.00 e. The first-order chi connectivity index (χ1) is 15.0. The molecule has 0 aliphatic carbocycles. The molecule has 10 nitrogen and oxygen atoms in total. The van der Waals surface area contributed by atoms with E-state index in [-0.39, 0.29) is 128 Å². The zero-order chi connectivity index (χ0) is 24.5. The van der Waals surface area contributed by atoms with E-state index >= 15 is 0 Å². The number of ether oxygens (including phenoxy) is 2. The van der Waals surface area contributed by atoms with Crippen molar-refractivity contribution >= 4 is 35.4 Å². The molecule has 0 aromatic rings. The molecule has 0 fully saturated rings. The minimum atomic E-state index is -1.64. The molecule has 0 spiro atoms. The third-order valence-corrected chi connectivity index (χ3v) is 4.70. The summed E-state index contributed by atoms with van der Waals surface area (Å²) in [6, 6.07) is 0. The number of aliphatic carboxylic acids is 2. The Kier molecular flexibility index (Phi) is 27.4. The number of carbonyl (C=O) groups excluding carboxylic acids is 6. The van der Waals surface area contributed by atoms with Crippen molar-refractivity contribution in [2.45, 2.75) is 78.1 Å². The van der Waals surface area contributed by atoms with Crippen molar-refractivity contribution in [3.05, 3.63) is 0 Å². The smallest absolute Gasteiger partial charge is 0.550 e. The summed E-state index contributed by atoms with van der Waals surface area (Å²) in [5.41, 5.74) is 0. The zero-order valence-corrected chi connectivity index (χ0v) is 27.0. The topological polar surface area (TPSA) is 167 Å². The van der Waals surface area contributed by atoms with Crippen LogP contribution in [0.25, 0.3) is 0 Å². The zero-order valence-electron chi connectivity index (χ0n) is 20.7. The Morgan fingerprint density at radius 1 is 0.588 bits per heavy atom. The summed E-state index contributed by atoms with van der Waals surface area (Å²) in [7, 11) is 0. The number of Topliss-reactive ketones (excluding diaryl/α,β-unsaturated/α-hetero) is 2. The normalized spacial score (nSPS) is 11.7. The molecule has 0 aliphatic heterocycles. The van der Waals surface area contributed by atoms with Crippen molar-refractivity contribution in [3.63, 3.8) is 0 Å². The van der Waals surface area contributed by atoms with Gasteiger partial charge >= 0.3 is 115 Å². The fourth-order valence-electron chi connectivity index (χ4n) is 3.00. The number of unbranched alkanes of at least 4 members (excludes halogenated alkanes) is 4. The summed E-state index contributed by atoms with van der Waals surface area (Å²) in [4.78, 5) is 68.8. The number of carbonyl (C=O) groups is 6. The van der Waals surface area contributed by atoms with Gasteiger partial charge in [0, 0.05) is 37.6 Å².